The van der Waals surface area contributed by atoms with Gasteiger partial charge in [0.1, 0.15) is 12.4 Å². The third kappa shape index (κ3) is 4.96. The van der Waals surface area contributed by atoms with Crippen LogP contribution in [0.2, 0.25) is 0 Å². The Kier molecular flexibility index (Phi) is 6.41. The first-order valence-electron chi connectivity index (χ1n) is 7.69. The van der Waals surface area contributed by atoms with Crippen LogP contribution >= 0.6 is 11.8 Å². The molecule has 0 aliphatic heterocycles. The van der Waals surface area contributed by atoms with Gasteiger partial charge in [-0.3, -0.25) is 14.9 Å². The first kappa shape index (κ1) is 18.8. The van der Waals surface area contributed by atoms with Crippen molar-refractivity contribution in [1.29, 1.82) is 0 Å². The largest absolute Gasteiger partial charge is 0.492 e. The summed E-state index contributed by atoms with van der Waals surface area (Å²) >= 11 is 1.28. The number of nitrogens with zero attached hydrogens (tertiary/aromatic N) is 2. The molecule has 132 valence electrons. The van der Waals surface area contributed by atoms with Gasteiger partial charge in [-0.15, -0.1) is 11.8 Å². The average molecular weight is 360 g/mol. The molecule has 0 saturated carbocycles. The molecule has 0 radical (unpaired) electrons. The molecule has 0 atom stereocenters. The van der Waals surface area contributed by atoms with Gasteiger partial charge in [0, 0.05) is 18.7 Å². The zero-order chi connectivity index (χ0) is 18.4. The van der Waals surface area contributed by atoms with Crippen LogP contribution in [0.25, 0.3) is 0 Å². The predicted molar refractivity (Wildman–Crippen MR) is 98.5 cm³/mol. The number of hydrogen-bond acceptors (Lipinski definition) is 5. The molecule has 2 rings (SSSR count). The van der Waals surface area contributed by atoms with E-state index in [1.54, 1.807) is 25.4 Å². The molecule has 0 spiro atoms. The molecule has 1 amide bonds. The lowest BCUT2D eigenvalue weighted by atomic mass is 10.2. The molecule has 0 aliphatic carbocycles. The first-order chi connectivity index (χ1) is 11.9. The molecular formula is C18H20N2O4S. The number of hydrogen-bond donors (Lipinski definition) is 0. The van der Waals surface area contributed by atoms with Crippen LogP contribution in [-0.4, -0.2) is 42.2 Å². The van der Waals surface area contributed by atoms with Gasteiger partial charge in [-0.05, 0) is 37.4 Å². The van der Waals surface area contributed by atoms with E-state index in [1.165, 1.54) is 22.7 Å². The summed E-state index contributed by atoms with van der Waals surface area (Å²) in [5.41, 5.74) is 1.39. The monoisotopic (exact) mass is 360 g/mol. The minimum Gasteiger partial charge on any atom is -0.492 e. The second-order valence-electron chi connectivity index (χ2n) is 5.53. The lowest BCUT2D eigenvalue weighted by molar-refractivity contribution is -0.387. The molecule has 0 N–H and O–H groups in total. The summed E-state index contributed by atoms with van der Waals surface area (Å²) in [5.74, 6) is 0.467. The van der Waals surface area contributed by atoms with E-state index in [2.05, 4.69) is 0 Å². The minimum atomic E-state index is -0.469. The Morgan fingerprint density at radius 3 is 2.52 bits per heavy atom. The third-order valence-electron chi connectivity index (χ3n) is 3.69. The van der Waals surface area contributed by atoms with E-state index in [0.717, 1.165) is 11.3 Å². The highest BCUT2D eigenvalue weighted by molar-refractivity contribution is 7.98. The Balaban J connectivity index is 1.98. The summed E-state index contributed by atoms with van der Waals surface area (Å²) < 4.78 is 5.61. The second-order valence-corrected chi connectivity index (χ2v) is 6.38. The van der Waals surface area contributed by atoms with Crippen molar-refractivity contribution in [3.8, 4) is 5.75 Å². The lowest BCUT2D eigenvalue weighted by Crippen LogP contribution is -2.30. The highest BCUT2D eigenvalue weighted by Crippen LogP contribution is 2.28. The Bertz CT molecular complexity index is 762. The molecule has 0 bridgehead atoms. The number of carbonyl (C=O) groups is 1. The van der Waals surface area contributed by atoms with Crippen LogP contribution in [0.5, 0.6) is 5.75 Å². The zero-order valence-electron chi connectivity index (χ0n) is 14.4. The average Bonchev–Trinajstić information content (AvgIpc) is 2.62. The fraction of sp³-hybridized carbons (Fsp3) is 0.278. The maximum Gasteiger partial charge on any atom is 0.283 e. The van der Waals surface area contributed by atoms with Gasteiger partial charge in [-0.1, -0.05) is 17.7 Å². The van der Waals surface area contributed by atoms with Crippen LogP contribution in [0.4, 0.5) is 5.69 Å². The van der Waals surface area contributed by atoms with Crippen LogP contribution in [0, 0.1) is 17.0 Å². The number of aryl methyl sites for hydroxylation is 1. The predicted octanol–water partition coefficient (Wildman–Crippen LogP) is 3.78. The third-order valence-corrected chi connectivity index (χ3v) is 4.47. The smallest absolute Gasteiger partial charge is 0.283 e. The minimum absolute atomic E-state index is 0.0531. The van der Waals surface area contributed by atoms with E-state index < -0.39 is 4.92 Å². The van der Waals surface area contributed by atoms with E-state index in [9.17, 15) is 14.9 Å². The van der Waals surface area contributed by atoms with Gasteiger partial charge in [0.05, 0.1) is 16.4 Å². The summed E-state index contributed by atoms with van der Waals surface area (Å²) in [5, 5.41) is 11.1. The number of nitro benzene ring substituents is 1. The van der Waals surface area contributed by atoms with Crippen molar-refractivity contribution in [3.05, 3.63) is 63.7 Å². The van der Waals surface area contributed by atoms with Crippen molar-refractivity contribution in [2.45, 2.75) is 11.8 Å². The van der Waals surface area contributed by atoms with Crippen molar-refractivity contribution in [1.82, 2.24) is 4.90 Å². The van der Waals surface area contributed by atoms with Crippen molar-refractivity contribution >= 4 is 23.4 Å². The van der Waals surface area contributed by atoms with E-state index in [1.807, 2.05) is 31.2 Å². The maximum absolute atomic E-state index is 12.4. The highest BCUT2D eigenvalue weighted by Gasteiger charge is 2.19. The van der Waals surface area contributed by atoms with Crippen molar-refractivity contribution in [3.63, 3.8) is 0 Å². The zero-order valence-corrected chi connectivity index (χ0v) is 15.2. The van der Waals surface area contributed by atoms with Crippen LogP contribution < -0.4 is 4.74 Å². The van der Waals surface area contributed by atoms with E-state index in [-0.39, 0.29) is 11.6 Å². The van der Waals surface area contributed by atoms with Crippen molar-refractivity contribution < 1.29 is 14.5 Å². The van der Waals surface area contributed by atoms with Gasteiger partial charge >= 0.3 is 0 Å². The fourth-order valence-corrected chi connectivity index (χ4v) is 2.77. The quantitative estimate of drug-likeness (QED) is 0.427. The molecule has 0 aliphatic rings. The Hall–Kier alpha value is -2.54. The molecule has 6 nitrogen and oxygen atoms in total. The number of amides is 1. The van der Waals surface area contributed by atoms with Gasteiger partial charge in [-0.2, -0.15) is 0 Å². The molecular weight excluding hydrogens is 340 g/mol. The topological polar surface area (TPSA) is 72.7 Å². The summed E-state index contributed by atoms with van der Waals surface area (Å²) in [4.78, 5) is 25.1. The molecule has 25 heavy (non-hydrogen) atoms. The van der Waals surface area contributed by atoms with Crippen molar-refractivity contribution in [2.75, 3.05) is 26.5 Å². The molecule has 7 heteroatoms. The number of ether oxygens (including phenoxy) is 1. The molecule has 0 saturated heterocycles. The Morgan fingerprint density at radius 1 is 1.24 bits per heavy atom. The van der Waals surface area contributed by atoms with Gasteiger partial charge in [0.15, 0.2) is 0 Å². The summed E-state index contributed by atoms with van der Waals surface area (Å²) in [6.07, 6.45) is 1.76. The van der Waals surface area contributed by atoms with Crippen LogP contribution in [-0.2, 0) is 0 Å². The Morgan fingerprint density at radius 2 is 1.92 bits per heavy atom. The number of thioether (sulfide) groups is 1. The van der Waals surface area contributed by atoms with Gasteiger partial charge in [-0.25, -0.2) is 0 Å². The summed E-state index contributed by atoms with van der Waals surface area (Å²) in [7, 11) is 1.65. The highest BCUT2D eigenvalue weighted by atomic mass is 32.2. The molecule has 0 unspecified atom stereocenters. The SMILES string of the molecule is CSc1ccc(C(=O)N(C)CCOc2ccc(C)cc2)cc1[N+](=O)[O-]. The lowest BCUT2D eigenvalue weighted by Gasteiger charge is -2.17. The Labute approximate surface area is 150 Å². The van der Waals surface area contributed by atoms with Crippen LogP contribution in [0.15, 0.2) is 47.4 Å². The number of benzene rings is 2. The van der Waals surface area contributed by atoms with Crippen LogP contribution in [0.1, 0.15) is 15.9 Å². The second kappa shape index (κ2) is 8.53. The van der Waals surface area contributed by atoms with E-state index in [0.29, 0.717) is 23.6 Å². The maximum atomic E-state index is 12.4. The number of rotatable bonds is 7. The van der Waals surface area contributed by atoms with E-state index >= 15 is 0 Å². The molecule has 0 fully saturated rings. The molecule has 0 heterocycles. The number of nitro groups is 1. The first-order valence-corrected chi connectivity index (χ1v) is 8.92. The number of likely N-dealkylation sites (N-methyl/N-ethyl adjacent to an activating group) is 1. The normalized spacial score (nSPS) is 10.4. The van der Waals surface area contributed by atoms with E-state index in [4.69, 9.17) is 4.74 Å². The summed E-state index contributed by atoms with van der Waals surface area (Å²) in [6, 6.07) is 12.2. The number of carbonyl (C=O) groups excluding carboxylic acids is 1. The fourth-order valence-electron chi connectivity index (χ4n) is 2.22. The van der Waals surface area contributed by atoms with Gasteiger partial charge < -0.3 is 9.64 Å². The van der Waals surface area contributed by atoms with Crippen LogP contribution in [0.3, 0.4) is 0 Å². The molecule has 2 aromatic carbocycles. The van der Waals surface area contributed by atoms with Crippen molar-refractivity contribution in [2.24, 2.45) is 0 Å². The molecule has 0 aromatic heterocycles. The molecule has 2 aromatic rings. The summed E-state index contributed by atoms with van der Waals surface area (Å²) in [6.45, 7) is 2.72. The van der Waals surface area contributed by atoms with Gasteiger partial charge in [0.2, 0.25) is 0 Å². The standard InChI is InChI=1S/C18H20N2O4S/c1-13-4-7-15(8-5-13)24-11-10-19(2)18(21)14-6-9-17(25-3)16(12-14)20(22)23/h4-9,12H,10-11H2,1-3H3. The van der Waals surface area contributed by atoms with Gasteiger partial charge in [0.25, 0.3) is 11.6 Å².